The maximum Gasteiger partial charge on any atom is 0.270 e. The molecule has 2 aromatic carbocycles. The van der Waals surface area contributed by atoms with Gasteiger partial charge in [0.25, 0.3) is 11.8 Å². The molecule has 0 saturated carbocycles. The van der Waals surface area contributed by atoms with Crippen molar-refractivity contribution >= 4 is 33.8 Å². The van der Waals surface area contributed by atoms with E-state index in [9.17, 15) is 9.59 Å². The lowest BCUT2D eigenvalue weighted by Crippen LogP contribution is -2.40. The van der Waals surface area contributed by atoms with Gasteiger partial charge in [-0.25, -0.2) is 4.98 Å². The third-order valence-corrected chi connectivity index (χ3v) is 10.3. The Labute approximate surface area is 267 Å². The number of nitrogens with zero attached hydrogens (tertiary/aromatic N) is 5. The van der Waals surface area contributed by atoms with Crippen LogP contribution in [-0.2, 0) is 13.6 Å². The summed E-state index contributed by atoms with van der Waals surface area (Å²) >= 11 is 0. The predicted molar refractivity (Wildman–Crippen MR) is 178 cm³/mol. The summed E-state index contributed by atoms with van der Waals surface area (Å²) in [6.45, 7) is 1.46. The minimum absolute atomic E-state index is 0.00565. The van der Waals surface area contributed by atoms with Crippen molar-refractivity contribution < 1.29 is 14.3 Å². The van der Waals surface area contributed by atoms with Gasteiger partial charge in [-0.3, -0.25) is 14.6 Å². The molecule has 0 aliphatic carbocycles. The van der Waals surface area contributed by atoms with Crippen LogP contribution < -0.4 is 15.8 Å². The van der Waals surface area contributed by atoms with Crippen LogP contribution in [0.2, 0.25) is 0 Å². The molecule has 2 amide bonds. The largest absolute Gasteiger partial charge is 0.494 e. The summed E-state index contributed by atoms with van der Waals surface area (Å²) in [5.74, 6) is 1.29. The number of aromatic nitrogens is 4. The molecule has 2 saturated heterocycles. The van der Waals surface area contributed by atoms with Gasteiger partial charge in [0.15, 0.2) is 5.82 Å². The summed E-state index contributed by atoms with van der Waals surface area (Å²) in [5.41, 5.74) is 12.8. The summed E-state index contributed by atoms with van der Waals surface area (Å²) in [6.07, 6.45) is 8.51. The zero-order chi connectivity index (χ0) is 31.5. The van der Waals surface area contributed by atoms with Crippen molar-refractivity contribution in [3.05, 3.63) is 66.0 Å². The number of carbonyl (C=O) groups excluding carboxylic acids is 2. The zero-order valence-corrected chi connectivity index (χ0v) is 26.3. The molecule has 10 heteroatoms. The number of nitrogens with one attached hydrogen (secondary N) is 1. The summed E-state index contributed by atoms with van der Waals surface area (Å²) in [7, 11) is 3.65. The summed E-state index contributed by atoms with van der Waals surface area (Å²) in [4.78, 5) is 38.5. The second-order valence-electron chi connectivity index (χ2n) is 13.0. The molecule has 6 heterocycles. The SMILES string of the molecule is COc1cc(C(=O)N2[C@H]3CC[C@@H]2[C@H](N)C3)cc2nc(-c3cc4ccc5cc4n3CCCCCCNC(=O)c3ncccc3-5)n(C)c12. The molecular formula is C36H39N7O3. The quantitative estimate of drug-likeness (QED) is 0.285. The molecule has 0 radical (unpaired) electrons. The van der Waals surface area contributed by atoms with Gasteiger partial charge < -0.3 is 29.8 Å². The van der Waals surface area contributed by atoms with Crippen molar-refractivity contribution in [2.45, 2.75) is 69.6 Å². The molecule has 3 aliphatic rings. The monoisotopic (exact) mass is 617 g/mol. The van der Waals surface area contributed by atoms with Crippen molar-refractivity contribution in [1.82, 2.24) is 29.3 Å². The minimum Gasteiger partial charge on any atom is -0.494 e. The molecule has 2 fully saturated rings. The van der Waals surface area contributed by atoms with Crippen molar-refractivity contribution in [1.29, 1.82) is 0 Å². The lowest BCUT2D eigenvalue weighted by atomic mass is 9.97. The van der Waals surface area contributed by atoms with Crippen molar-refractivity contribution in [3.8, 4) is 28.4 Å². The Morgan fingerprint density at radius 3 is 2.74 bits per heavy atom. The molecule has 3 atom stereocenters. The molecule has 0 unspecified atom stereocenters. The van der Waals surface area contributed by atoms with Crippen molar-refractivity contribution in [2.75, 3.05) is 13.7 Å². The lowest BCUT2D eigenvalue weighted by Gasteiger charge is -2.23. The number of fused-ring (bicyclic) bond motifs is 6. The fourth-order valence-electron chi connectivity index (χ4n) is 8.02. The second kappa shape index (κ2) is 11.3. The Balaban J connectivity index is 1.26. The third kappa shape index (κ3) is 4.57. The van der Waals surface area contributed by atoms with Gasteiger partial charge in [-0.1, -0.05) is 31.0 Å². The fraction of sp³-hybridized carbons (Fsp3) is 0.389. The molecule has 8 rings (SSSR count). The van der Waals surface area contributed by atoms with E-state index in [-0.39, 0.29) is 29.9 Å². The number of carbonyl (C=O) groups is 2. The normalized spacial score (nSPS) is 21.5. The first kappa shape index (κ1) is 28.8. The van der Waals surface area contributed by atoms with E-state index in [1.54, 1.807) is 13.3 Å². The van der Waals surface area contributed by atoms with Crippen molar-refractivity contribution in [3.63, 3.8) is 0 Å². The zero-order valence-electron chi connectivity index (χ0n) is 26.3. The summed E-state index contributed by atoms with van der Waals surface area (Å²) in [5, 5.41) is 4.15. The third-order valence-electron chi connectivity index (χ3n) is 10.3. The van der Waals surface area contributed by atoms with E-state index in [1.807, 2.05) is 36.2 Å². The number of rotatable bonds is 3. The minimum atomic E-state index is -0.143. The Bertz CT molecular complexity index is 2010. The molecule has 3 aliphatic heterocycles. The molecule has 46 heavy (non-hydrogen) atoms. The number of ether oxygens (including phenoxy) is 1. The number of hydrogen-bond acceptors (Lipinski definition) is 6. The topological polar surface area (TPSA) is 120 Å². The van der Waals surface area contributed by atoms with Gasteiger partial charge in [0.2, 0.25) is 0 Å². The number of methoxy groups -OCH3 is 1. The molecule has 3 N–H and O–H groups in total. The van der Waals surface area contributed by atoms with Crippen LogP contribution in [-0.4, -0.2) is 67.6 Å². The van der Waals surface area contributed by atoms with Gasteiger partial charge in [0.05, 0.1) is 18.3 Å². The van der Waals surface area contributed by atoms with Crippen LogP contribution in [0.25, 0.3) is 44.6 Å². The van der Waals surface area contributed by atoms with E-state index >= 15 is 0 Å². The number of hydrogen-bond donors (Lipinski definition) is 2. The smallest absolute Gasteiger partial charge is 0.270 e. The fourth-order valence-corrected chi connectivity index (χ4v) is 8.02. The number of pyridine rings is 1. The van der Waals surface area contributed by atoms with E-state index < -0.39 is 0 Å². The summed E-state index contributed by atoms with van der Waals surface area (Å²) in [6, 6.07) is 16.5. The van der Waals surface area contributed by atoms with E-state index in [0.29, 0.717) is 23.6 Å². The average Bonchev–Trinajstić information content (AvgIpc) is 3.82. The first-order valence-corrected chi connectivity index (χ1v) is 16.4. The molecule has 3 aromatic heterocycles. The van der Waals surface area contributed by atoms with Gasteiger partial charge in [-0.15, -0.1) is 0 Å². The Hall–Kier alpha value is -4.70. The van der Waals surface area contributed by atoms with Gasteiger partial charge in [-0.05, 0) is 68.0 Å². The Morgan fingerprint density at radius 2 is 1.93 bits per heavy atom. The predicted octanol–water partition coefficient (Wildman–Crippen LogP) is 5.27. The van der Waals surface area contributed by atoms with Crippen LogP contribution in [0.15, 0.2) is 54.7 Å². The maximum atomic E-state index is 13.8. The van der Waals surface area contributed by atoms with Crippen LogP contribution in [0, 0.1) is 0 Å². The van der Waals surface area contributed by atoms with Crippen LogP contribution in [0.3, 0.4) is 0 Å². The number of benzene rings is 2. The highest BCUT2D eigenvalue weighted by atomic mass is 16.5. The first-order chi connectivity index (χ1) is 22.4. The highest BCUT2D eigenvalue weighted by Gasteiger charge is 2.47. The van der Waals surface area contributed by atoms with Crippen LogP contribution in [0.4, 0.5) is 0 Å². The van der Waals surface area contributed by atoms with E-state index in [4.69, 9.17) is 15.5 Å². The number of amides is 2. The molecule has 236 valence electrons. The van der Waals surface area contributed by atoms with Gasteiger partial charge in [-0.2, -0.15) is 0 Å². The van der Waals surface area contributed by atoms with Crippen molar-refractivity contribution in [2.24, 2.45) is 12.8 Å². The number of aryl methyl sites for hydroxylation is 2. The van der Waals surface area contributed by atoms with Crippen LogP contribution in [0.1, 0.15) is 65.8 Å². The molecule has 4 bridgehead atoms. The summed E-state index contributed by atoms with van der Waals surface area (Å²) < 4.78 is 10.3. The highest BCUT2D eigenvalue weighted by molar-refractivity contribution is 6.02. The average molecular weight is 618 g/mol. The molecule has 5 aromatic rings. The van der Waals surface area contributed by atoms with Gasteiger partial charge >= 0.3 is 0 Å². The van der Waals surface area contributed by atoms with E-state index in [0.717, 1.165) is 96.1 Å². The maximum absolute atomic E-state index is 13.8. The van der Waals surface area contributed by atoms with E-state index in [2.05, 4.69) is 43.7 Å². The van der Waals surface area contributed by atoms with Crippen LogP contribution >= 0.6 is 0 Å². The number of nitrogens with two attached hydrogens (primary N) is 1. The Kier molecular flexibility index (Phi) is 7.05. The highest BCUT2D eigenvalue weighted by Crippen LogP contribution is 2.40. The first-order valence-electron chi connectivity index (χ1n) is 16.4. The lowest BCUT2D eigenvalue weighted by molar-refractivity contribution is 0.0726. The molecular weight excluding hydrogens is 578 g/mol. The van der Waals surface area contributed by atoms with Gasteiger partial charge in [0, 0.05) is 66.5 Å². The van der Waals surface area contributed by atoms with Gasteiger partial charge in [0.1, 0.15) is 17.0 Å². The molecule has 0 spiro atoms. The van der Waals surface area contributed by atoms with E-state index in [1.165, 1.54) is 0 Å². The second-order valence-corrected chi connectivity index (χ2v) is 13.0. The molecule has 10 nitrogen and oxygen atoms in total. The van der Waals surface area contributed by atoms with Crippen LogP contribution in [0.5, 0.6) is 5.75 Å². The number of imidazole rings is 1. The Morgan fingerprint density at radius 1 is 1.07 bits per heavy atom. The standard InChI is InChI=1S/C36H39N7O3/c1-41-33-27(16-23(19-31(33)46-2)36(45)43-24-11-12-28(43)26(37)20-24)40-34(41)30-18-22-10-9-21-17-29(22)42(30)15-6-4-3-5-13-39-35(44)32-25(21)8-7-14-38-32/h7-10,14,16-19,24,26,28H,3-6,11-13,15,20,37H2,1-2H3,(H,39,44)/t24-,26+,28+/m0/s1.